The molecule has 0 fully saturated rings. The topological polar surface area (TPSA) is 16.6 Å². The molecule has 0 aliphatic carbocycles. The van der Waals surface area contributed by atoms with Crippen molar-refractivity contribution < 1.29 is 190 Å². The van der Waals surface area contributed by atoms with Crippen LogP contribution in [0.25, 0.3) is 140 Å². The Bertz CT molecular complexity index is 7340. The third kappa shape index (κ3) is 13.4. The summed E-state index contributed by atoms with van der Waals surface area (Å²) in [6.07, 6.45) is 11.6. The van der Waals surface area contributed by atoms with Crippen LogP contribution in [0.2, 0.25) is 0 Å². The lowest BCUT2D eigenvalue weighted by atomic mass is 9.11. The standard InChI is InChI=1S/C64BF36.C18H39N.C12H4F6/c66-29-9-1-5-17(33(29)70)49(86)61(98)53(90)21(5)41(78)37(74)13(1)45(82)57(94)25(9)65(26-10-2-6-18(34(71)30(10)67)50(87)62(99)54(91)22(6)42(79)38(75)14(2)46(83)58(26)95,27-11-3-7-19(35(72)31(11)68)51(88)63(100)55(92)23(7)43(80)39(76)15(3)47(84)59(27)96)28-12-4-8-20(36(73)32(12)69)52(89)64(101)56(93)24(8)44(81)40(77)16(4)48(85)60(28)97;1-3-5-7-9-11-13-15-17-19-18-16-14-12-10-8-6-4-2;13-6-4-2-1-3-5(6)7-8(14)10(16)12(18)11(17)9(7)15/h;19H,3-18H2,1-2H3;1-4H/q-1;;/p+1. The SMILES string of the molecule is CCCCCCCCC[NH2+]CCCCCCCCC.Fc1c(F)c2c(F)c(F)c3c(F)c(F)c([B-](c4c(F)c(F)c5c(F)c(F)c6c(F)c(F)c(F)c7c(F)c(F)c4c5c67)(c4c(F)c(F)c5c(F)c(F)c6c(F)c(F)c(F)c7c(F)c(F)c4c5c67)c4c(F)c(F)c5c(F)c(F)c6c(F)c(F)c(F)c7c(F)c(F)c4c5c67)c4c(F)c(F)c(c1F)c2c34.Fc1ccccc1-c1c(F)c(F)c(F)c(F)c1F. The number of quaternary nitrogens is 1. The molecule has 44 heteroatoms. The molecule has 0 amide bonds. The highest BCUT2D eigenvalue weighted by atomic mass is 19.2. The van der Waals surface area contributed by atoms with Crippen molar-refractivity contribution in [3.63, 3.8) is 0 Å². The van der Waals surface area contributed by atoms with E-state index in [9.17, 15) is 26.3 Å². The van der Waals surface area contributed by atoms with Gasteiger partial charge in [-0.3, -0.25) is 0 Å². The number of benzene rings is 18. The molecule has 0 unspecified atom stereocenters. The van der Waals surface area contributed by atoms with Gasteiger partial charge in [-0.1, -0.05) is 96.3 Å². The van der Waals surface area contributed by atoms with E-state index in [2.05, 4.69) is 19.2 Å². The highest BCUT2D eigenvalue weighted by Gasteiger charge is 2.54. The van der Waals surface area contributed by atoms with Gasteiger partial charge in [-0.15, -0.1) is 21.9 Å². The first-order valence-electron chi connectivity index (χ1n) is 40.9. The summed E-state index contributed by atoms with van der Waals surface area (Å²) in [7, 11) is 0. The van der Waals surface area contributed by atoms with Crippen LogP contribution in [0.5, 0.6) is 0 Å². The average molecular weight is 2000 g/mol. The number of unbranched alkanes of at least 4 members (excludes halogenated alkanes) is 12. The molecule has 0 bridgehead atoms. The zero-order chi connectivity index (χ0) is 101. The summed E-state index contributed by atoms with van der Waals surface area (Å²) in [4.78, 5) is 0. The highest BCUT2D eigenvalue weighted by molar-refractivity contribution is 7.23. The van der Waals surface area contributed by atoms with Gasteiger partial charge in [-0.2, -0.15) is 0 Å². The molecule has 0 aliphatic heterocycles. The fourth-order valence-corrected chi connectivity index (χ4v) is 19.2. The predicted octanol–water partition coefficient (Wildman–Crippen LogP) is 28.9. The first-order valence-corrected chi connectivity index (χ1v) is 40.9. The van der Waals surface area contributed by atoms with E-state index in [4.69, 9.17) is 0 Å². The second kappa shape index (κ2) is 35.6. The van der Waals surface area contributed by atoms with E-state index in [1.807, 2.05) is 0 Å². The summed E-state index contributed by atoms with van der Waals surface area (Å²) in [5, 5.41) is -68.8. The molecular weight excluding hydrogens is 1950 g/mol. The summed E-state index contributed by atoms with van der Waals surface area (Å²) >= 11 is 0. The van der Waals surface area contributed by atoms with Gasteiger partial charge in [0, 0.05) is 48.7 Å². The lowest BCUT2D eigenvalue weighted by Gasteiger charge is -2.48. The zero-order valence-corrected chi connectivity index (χ0v) is 68.7. The molecular formula is C94H44BF42N. The summed E-state index contributed by atoms with van der Waals surface area (Å²) < 4.78 is 699. The molecule has 18 rings (SSSR count). The monoisotopic (exact) mass is 2000 g/mol. The molecule has 722 valence electrons. The van der Waals surface area contributed by atoms with Crippen molar-refractivity contribution in [2.75, 3.05) is 13.1 Å². The van der Waals surface area contributed by atoms with Crippen LogP contribution in [-0.2, 0) is 0 Å². The molecule has 0 aromatic heterocycles. The quantitative estimate of drug-likeness (QED) is 0.0184. The van der Waals surface area contributed by atoms with E-state index >= 15 is 158 Å². The molecule has 1 nitrogen and oxygen atoms in total. The van der Waals surface area contributed by atoms with E-state index in [-0.39, 0.29) is 0 Å². The Morgan fingerprint density at radius 2 is 0.312 bits per heavy atom. The minimum Gasteiger partial charge on any atom is -0.346 e. The Kier molecular flexibility index (Phi) is 25.3. The molecule has 2 N–H and O–H groups in total. The summed E-state index contributed by atoms with van der Waals surface area (Å²) in [5.74, 6) is -141. The fourth-order valence-electron chi connectivity index (χ4n) is 19.2. The number of nitrogens with two attached hydrogens (primary N) is 1. The fraction of sp³-hybridized carbons (Fsp3) is 0.191. The van der Waals surface area contributed by atoms with Gasteiger partial charge in [0.1, 0.15) is 35.2 Å². The maximum absolute atomic E-state index is 19.3. The Labute approximate surface area is 741 Å². The molecule has 0 saturated carbocycles. The first kappa shape index (κ1) is 98.3. The normalized spacial score (nSPS) is 12.4. The first-order chi connectivity index (χ1) is 65.1. The van der Waals surface area contributed by atoms with Crippen molar-refractivity contribution >= 4 is 157 Å². The van der Waals surface area contributed by atoms with Gasteiger partial charge < -0.3 is 5.32 Å². The van der Waals surface area contributed by atoms with Crippen molar-refractivity contribution in [3.8, 4) is 11.1 Å². The minimum atomic E-state index is -8.50. The Balaban J connectivity index is 0.000000310. The van der Waals surface area contributed by atoms with Gasteiger partial charge in [-0.05, 0) is 53.3 Å². The van der Waals surface area contributed by atoms with Crippen molar-refractivity contribution in [3.05, 3.63) is 269 Å². The van der Waals surface area contributed by atoms with Gasteiger partial charge >= 0.3 is 0 Å². The lowest BCUT2D eigenvalue weighted by Crippen LogP contribution is -2.84. The van der Waals surface area contributed by atoms with E-state index < -0.39 is 413 Å². The molecule has 0 saturated heterocycles. The number of halogens is 42. The summed E-state index contributed by atoms with van der Waals surface area (Å²) in [6, 6.07) is 4.22. The van der Waals surface area contributed by atoms with Crippen LogP contribution in [0.4, 0.5) is 184 Å². The van der Waals surface area contributed by atoms with Crippen LogP contribution in [0.15, 0.2) is 24.3 Å². The molecule has 0 heterocycles. The van der Waals surface area contributed by atoms with E-state index in [0.29, 0.717) is 0 Å². The highest BCUT2D eigenvalue weighted by Crippen LogP contribution is 2.54. The second-order valence-corrected chi connectivity index (χ2v) is 32.4. The minimum absolute atomic E-state index is 0.690. The molecule has 18 aromatic carbocycles. The molecule has 0 spiro atoms. The summed E-state index contributed by atoms with van der Waals surface area (Å²) in [6.45, 7) is 7.31. The molecule has 0 atom stereocenters. The van der Waals surface area contributed by atoms with Crippen LogP contribution < -0.4 is 27.2 Å². The molecule has 18 aromatic rings. The largest absolute Gasteiger partial charge is 0.346 e. The van der Waals surface area contributed by atoms with E-state index in [1.165, 1.54) is 115 Å². The van der Waals surface area contributed by atoms with Crippen LogP contribution in [0.3, 0.4) is 0 Å². The van der Waals surface area contributed by atoms with Crippen molar-refractivity contribution in [1.29, 1.82) is 0 Å². The lowest BCUT2D eigenvalue weighted by molar-refractivity contribution is -0.655. The van der Waals surface area contributed by atoms with Crippen LogP contribution in [0.1, 0.15) is 104 Å². The number of hydrogen-bond donors (Lipinski definition) is 1. The van der Waals surface area contributed by atoms with Crippen molar-refractivity contribution in [2.45, 2.75) is 104 Å². The van der Waals surface area contributed by atoms with Crippen LogP contribution in [0, 0.1) is 244 Å². The Hall–Kier alpha value is -12.8. The van der Waals surface area contributed by atoms with Gasteiger partial charge in [-0.25, -0.2) is 184 Å². The predicted molar refractivity (Wildman–Crippen MR) is 423 cm³/mol. The van der Waals surface area contributed by atoms with Crippen molar-refractivity contribution in [1.82, 2.24) is 0 Å². The molecule has 138 heavy (non-hydrogen) atoms. The summed E-state index contributed by atoms with van der Waals surface area (Å²) in [5.41, 5.74) is -17.9. The third-order valence-corrected chi connectivity index (χ3v) is 25.1. The third-order valence-electron chi connectivity index (χ3n) is 25.1. The number of rotatable bonds is 21. The van der Waals surface area contributed by atoms with E-state index in [0.717, 1.165) is 12.1 Å². The maximum Gasteiger partial charge on any atom is 0.200 e. The Morgan fingerprint density at radius 3 is 0.514 bits per heavy atom. The maximum atomic E-state index is 19.3. The molecule has 0 radical (unpaired) electrons. The van der Waals surface area contributed by atoms with Crippen molar-refractivity contribution in [2.24, 2.45) is 0 Å². The second-order valence-electron chi connectivity index (χ2n) is 32.4. The molecule has 0 aliphatic rings. The van der Waals surface area contributed by atoms with Crippen LogP contribution in [-0.4, -0.2) is 19.2 Å². The zero-order valence-electron chi connectivity index (χ0n) is 68.7. The Morgan fingerprint density at radius 1 is 0.159 bits per heavy atom. The van der Waals surface area contributed by atoms with Gasteiger partial charge in [0.25, 0.3) is 0 Å². The van der Waals surface area contributed by atoms with Crippen LogP contribution >= 0.6 is 0 Å². The average Bonchev–Trinajstić information content (AvgIpc) is 0.644. The smallest absolute Gasteiger partial charge is 0.200 e. The van der Waals surface area contributed by atoms with Gasteiger partial charge in [0.05, 0.1) is 83.3 Å². The number of hydrogen-bond acceptors (Lipinski definition) is 0. The van der Waals surface area contributed by atoms with Gasteiger partial charge in [0.15, 0.2) is 209 Å². The van der Waals surface area contributed by atoms with E-state index in [1.54, 1.807) is 0 Å². The van der Waals surface area contributed by atoms with Gasteiger partial charge in [0.2, 0.25) is 5.82 Å².